The molecule has 9 nitrogen and oxygen atoms in total. The number of furan rings is 1. The molecular weight excluding hydrogens is 462 g/mol. The molecule has 0 spiro atoms. The maximum absolute atomic E-state index is 12.8. The topological polar surface area (TPSA) is 102 Å². The zero-order chi connectivity index (χ0) is 22.8. The van der Waals surface area contributed by atoms with Gasteiger partial charge in [-0.05, 0) is 49.8 Å². The maximum Gasteiger partial charge on any atom is 0.341 e. The van der Waals surface area contributed by atoms with Gasteiger partial charge in [0.1, 0.15) is 10.8 Å². The molecule has 0 atom stereocenters. The number of thiophene rings is 1. The first-order valence-corrected chi connectivity index (χ1v) is 12.8. The molecule has 1 saturated heterocycles. The number of methoxy groups -OCH3 is 1. The molecule has 174 valence electrons. The summed E-state index contributed by atoms with van der Waals surface area (Å²) in [5.74, 6) is 1.16. The van der Waals surface area contributed by atoms with Crippen LogP contribution in [0.5, 0.6) is 0 Å². The van der Waals surface area contributed by atoms with Crippen LogP contribution in [0.15, 0.2) is 28.0 Å². The lowest BCUT2D eigenvalue weighted by atomic mass is 10.1. The number of anilines is 2. The average molecular weight is 488 g/mol. The largest absolute Gasteiger partial charge is 0.467 e. The Morgan fingerprint density at radius 1 is 1.24 bits per heavy atom. The Morgan fingerprint density at radius 3 is 2.85 bits per heavy atom. The van der Waals surface area contributed by atoms with Crippen molar-refractivity contribution in [3.63, 3.8) is 0 Å². The fourth-order valence-electron chi connectivity index (χ4n) is 4.34. The number of carbonyl (C=O) groups excluding carboxylic acids is 2. The van der Waals surface area contributed by atoms with Gasteiger partial charge >= 0.3 is 5.97 Å². The lowest BCUT2D eigenvalue weighted by Gasteiger charge is -2.17. The molecule has 2 aliphatic rings. The number of amides is 1. The van der Waals surface area contributed by atoms with Crippen LogP contribution in [-0.2, 0) is 28.9 Å². The van der Waals surface area contributed by atoms with E-state index in [0.29, 0.717) is 22.3 Å². The summed E-state index contributed by atoms with van der Waals surface area (Å²) >= 11 is 2.80. The maximum atomic E-state index is 12.8. The highest BCUT2D eigenvalue weighted by molar-refractivity contribution is 7.99. The summed E-state index contributed by atoms with van der Waals surface area (Å²) < 4.78 is 12.5. The molecule has 3 aromatic rings. The van der Waals surface area contributed by atoms with E-state index in [1.54, 1.807) is 6.26 Å². The molecule has 0 radical (unpaired) electrons. The molecule has 0 unspecified atom stereocenters. The number of aryl methyl sites for hydroxylation is 1. The van der Waals surface area contributed by atoms with Crippen LogP contribution in [0.1, 0.15) is 45.8 Å². The highest BCUT2D eigenvalue weighted by Gasteiger charge is 2.28. The lowest BCUT2D eigenvalue weighted by molar-refractivity contribution is -0.113. The van der Waals surface area contributed by atoms with Crippen molar-refractivity contribution in [3.8, 4) is 0 Å². The second kappa shape index (κ2) is 9.60. The van der Waals surface area contributed by atoms with E-state index >= 15 is 0 Å². The summed E-state index contributed by atoms with van der Waals surface area (Å²) in [6.45, 7) is 2.39. The first kappa shape index (κ1) is 22.0. The minimum Gasteiger partial charge on any atom is -0.467 e. The molecule has 1 N–H and O–H groups in total. The summed E-state index contributed by atoms with van der Waals surface area (Å²) in [5.41, 5.74) is 1.52. The van der Waals surface area contributed by atoms with Crippen molar-refractivity contribution in [3.05, 3.63) is 40.2 Å². The molecule has 1 aliphatic heterocycles. The molecule has 1 aliphatic carbocycles. The number of ether oxygens (including phenoxy) is 1. The number of rotatable bonds is 8. The van der Waals surface area contributed by atoms with Gasteiger partial charge in [-0.25, -0.2) is 4.79 Å². The van der Waals surface area contributed by atoms with Crippen molar-refractivity contribution in [2.24, 2.45) is 0 Å². The second-order valence-corrected chi connectivity index (χ2v) is 10.1. The molecule has 4 heterocycles. The van der Waals surface area contributed by atoms with Gasteiger partial charge in [-0.3, -0.25) is 9.36 Å². The number of hydrogen-bond acceptors (Lipinski definition) is 9. The Kier molecular flexibility index (Phi) is 6.41. The van der Waals surface area contributed by atoms with E-state index in [0.717, 1.165) is 67.3 Å². The molecule has 0 saturated carbocycles. The molecule has 33 heavy (non-hydrogen) atoms. The molecular formula is C22H25N5O4S2. The van der Waals surface area contributed by atoms with Crippen molar-refractivity contribution in [1.82, 2.24) is 14.8 Å². The number of aromatic nitrogens is 3. The van der Waals surface area contributed by atoms with E-state index in [-0.39, 0.29) is 11.7 Å². The first-order valence-electron chi connectivity index (χ1n) is 11.0. The third-order valence-corrected chi connectivity index (χ3v) is 8.05. The molecule has 11 heteroatoms. The third kappa shape index (κ3) is 4.51. The fraction of sp³-hybridized carbons (Fsp3) is 0.455. The van der Waals surface area contributed by atoms with Crippen LogP contribution in [0.2, 0.25) is 0 Å². The van der Waals surface area contributed by atoms with Crippen LogP contribution < -0.4 is 10.2 Å². The van der Waals surface area contributed by atoms with E-state index in [1.165, 1.54) is 30.2 Å². The molecule has 1 fully saturated rings. The van der Waals surface area contributed by atoms with Gasteiger partial charge in [-0.15, -0.1) is 21.5 Å². The normalized spacial score (nSPS) is 15.1. The summed E-state index contributed by atoms with van der Waals surface area (Å²) in [6.07, 6.45) is 6.71. The van der Waals surface area contributed by atoms with Crippen LogP contribution in [0, 0.1) is 0 Å². The fourth-order valence-corrected chi connectivity index (χ4v) is 6.37. The lowest BCUT2D eigenvalue weighted by Crippen LogP contribution is -2.23. The molecule has 3 aromatic heterocycles. The van der Waals surface area contributed by atoms with Gasteiger partial charge in [0.05, 0.1) is 31.2 Å². The van der Waals surface area contributed by atoms with E-state index in [9.17, 15) is 9.59 Å². The van der Waals surface area contributed by atoms with Crippen LogP contribution in [0.25, 0.3) is 0 Å². The number of esters is 1. The van der Waals surface area contributed by atoms with E-state index in [1.807, 2.05) is 16.7 Å². The summed E-state index contributed by atoms with van der Waals surface area (Å²) in [5, 5.41) is 12.9. The number of nitrogens with zero attached hydrogens (tertiary/aromatic N) is 4. The van der Waals surface area contributed by atoms with Crippen LogP contribution in [0.4, 0.5) is 10.9 Å². The van der Waals surface area contributed by atoms with Crippen molar-refractivity contribution in [1.29, 1.82) is 0 Å². The average Bonchev–Trinajstić information content (AvgIpc) is 3.61. The van der Waals surface area contributed by atoms with Gasteiger partial charge in [0.2, 0.25) is 11.9 Å². The van der Waals surface area contributed by atoms with Crippen molar-refractivity contribution in [2.45, 2.75) is 43.8 Å². The minimum absolute atomic E-state index is 0.152. The third-order valence-electron chi connectivity index (χ3n) is 5.88. The Bertz CT molecular complexity index is 1150. The van der Waals surface area contributed by atoms with E-state index in [2.05, 4.69) is 20.4 Å². The van der Waals surface area contributed by atoms with E-state index in [4.69, 9.17) is 9.15 Å². The first-order chi connectivity index (χ1) is 16.1. The van der Waals surface area contributed by atoms with Gasteiger partial charge in [0, 0.05) is 18.0 Å². The minimum atomic E-state index is -0.397. The Balaban J connectivity index is 1.31. The van der Waals surface area contributed by atoms with Crippen LogP contribution >= 0.6 is 23.1 Å². The number of hydrogen-bond donors (Lipinski definition) is 1. The predicted molar refractivity (Wildman–Crippen MR) is 126 cm³/mol. The van der Waals surface area contributed by atoms with Crippen molar-refractivity contribution in [2.75, 3.05) is 36.2 Å². The highest BCUT2D eigenvalue weighted by Crippen LogP contribution is 2.39. The summed E-state index contributed by atoms with van der Waals surface area (Å²) in [7, 11) is 1.37. The number of nitrogens with one attached hydrogen (secondary N) is 1. The number of carbonyl (C=O) groups is 2. The van der Waals surface area contributed by atoms with Gasteiger partial charge in [0.15, 0.2) is 5.16 Å². The SMILES string of the molecule is COC(=O)c1c(NC(=O)CSc2nnc(N3CCCC3)n2Cc2ccco2)sc2c1CCC2. The Morgan fingerprint density at radius 2 is 2.09 bits per heavy atom. The quantitative estimate of drug-likeness (QED) is 0.380. The predicted octanol–water partition coefficient (Wildman–Crippen LogP) is 3.59. The molecule has 0 aromatic carbocycles. The number of fused-ring (bicyclic) bond motifs is 1. The smallest absolute Gasteiger partial charge is 0.341 e. The van der Waals surface area contributed by atoms with Gasteiger partial charge in [-0.1, -0.05) is 11.8 Å². The van der Waals surface area contributed by atoms with Gasteiger partial charge < -0.3 is 19.4 Å². The Hall–Kier alpha value is -2.79. The zero-order valence-corrected chi connectivity index (χ0v) is 20.0. The Labute approximate surface area is 199 Å². The summed E-state index contributed by atoms with van der Waals surface area (Å²) in [4.78, 5) is 28.5. The number of thioether (sulfide) groups is 1. The molecule has 5 rings (SSSR count). The van der Waals surface area contributed by atoms with Crippen molar-refractivity contribution < 1.29 is 18.7 Å². The standard InChI is InChI=1S/C22H25N5O4S2/c1-30-20(29)18-15-7-4-8-16(15)33-19(18)23-17(28)13-32-22-25-24-21(26-9-2-3-10-26)27(22)12-14-6-5-11-31-14/h5-6,11H,2-4,7-10,12-13H2,1H3,(H,23,28). The highest BCUT2D eigenvalue weighted by atomic mass is 32.2. The van der Waals surface area contributed by atoms with Crippen molar-refractivity contribution >= 4 is 45.9 Å². The van der Waals surface area contributed by atoms with E-state index < -0.39 is 5.97 Å². The molecule has 0 bridgehead atoms. The zero-order valence-electron chi connectivity index (χ0n) is 18.3. The van der Waals surface area contributed by atoms with Gasteiger partial charge in [-0.2, -0.15) is 0 Å². The van der Waals surface area contributed by atoms with Crippen LogP contribution in [-0.4, -0.2) is 52.6 Å². The molecule has 1 amide bonds. The van der Waals surface area contributed by atoms with Gasteiger partial charge in [0.25, 0.3) is 0 Å². The second-order valence-electron chi connectivity index (χ2n) is 8.03. The van der Waals surface area contributed by atoms with Crippen LogP contribution in [0.3, 0.4) is 0 Å². The summed E-state index contributed by atoms with van der Waals surface area (Å²) in [6, 6.07) is 3.77. The monoisotopic (exact) mass is 487 g/mol.